The van der Waals surface area contributed by atoms with Gasteiger partial charge in [0, 0.05) is 6.54 Å². The lowest BCUT2D eigenvalue weighted by atomic mass is 9.94. The molecule has 3 unspecified atom stereocenters. The molecule has 0 bridgehead atoms. The predicted octanol–water partition coefficient (Wildman–Crippen LogP) is 1.19. The molecule has 1 saturated heterocycles. The van der Waals surface area contributed by atoms with Crippen molar-refractivity contribution in [1.29, 1.82) is 0 Å². The Kier molecular flexibility index (Phi) is 2.28. The van der Waals surface area contributed by atoms with Crippen LogP contribution < -0.4 is 0 Å². The third kappa shape index (κ3) is 1.35. The molecule has 3 nitrogen and oxygen atoms in total. The van der Waals surface area contributed by atoms with Crippen molar-refractivity contribution < 1.29 is 9.90 Å². The summed E-state index contributed by atoms with van der Waals surface area (Å²) in [6.45, 7) is 3.94. The average molecular weight is 183 g/mol. The van der Waals surface area contributed by atoms with Crippen LogP contribution in [0.4, 0.5) is 0 Å². The number of carboxylic acids is 1. The topological polar surface area (TPSA) is 40.5 Å². The maximum atomic E-state index is 11.1. The molecule has 0 aromatic rings. The predicted molar refractivity (Wildman–Crippen MR) is 49.5 cm³/mol. The zero-order valence-corrected chi connectivity index (χ0v) is 8.07. The Morgan fingerprint density at radius 1 is 1.54 bits per heavy atom. The summed E-state index contributed by atoms with van der Waals surface area (Å²) >= 11 is 0. The molecule has 3 heteroatoms. The molecule has 0 aromatic carbocycles. The van der Waals surface area contributed by atoms with E-state index in [9.17, 15) is 4.79 Å². The van der Waals surface area contributed by atoms with Gasteiger partial charge >= 0.3 is 5.97 Å². The Morgan fingerprint density at radius 2 is 2.31 bits per heavy atom. The van der Waals surface area contributed by atoms with Crippen molar-refractivity contribution in [3.8, 4) is 0 Å². The fourth-order valence-corrected chi connectivity index (χ4v) is 3.06. The van der Waals surface area contributed by atoms with E-state index in [1.54, 1.807) is 0 Å². The number of likely N-dealkylation sites (tertiary alicyclic amines) is 1. The van der Waals surface area contributed by atoms with Crippen LogP contribution in [-0.2, 0) is 4.79 Å². The van der Waals surface area contributed by atoms with Crippen LogP contribution in [0, 0.1) is 11.8 Å². The van der Waals surface area contributed by atoms with Crippen molar-refractivity contribution in [2.45, 2.75) is 32.2 Å². The molecular weight excluding hydrogens is 166 g/mol. The number of nitrogens with zero attached hydrogens (tertiary/aromatic N) is 1. The number of carboxylic acid groups (broad SMARTS) is 1. The molecule has 74 valence electrons. The Morgan fingerprint density at radius 3 is 2.92 bits per heavy atom. The van der Waals surface area contributed by atoms with E-state index < -0.39 is 5.97 Å². The molecule has 0 spiro atoms. The fourth-order valence-electron chi connectivity index (χ4n) is 3.06. The molecule has 1 aliphatic heterocycles. The first-order valence-corrected chi connectivity index (χ1v) is 5.21. The standard InChI is InChI=1S/C10H17NO2/c1-2-11-6-7-4-3-5-8(7)9(11)10(12)13/h7-9H,2-6H2,1H3,(H,12,13). The number of likely N-dealkylation sites (N-methyl/N-ethyl adjacent to an activating group) is 1. The van der Waals surface area contributed by atoms with E-state index in [-0.39, 0.29) is 6.04 Å². The number of fused-ring (bicyclic) bond motifs is 1. The first-order valence-electron chi connectivity index (χ1n) is 5.21. The van der Waals surface area contributed by atoms with E-state index >= 15 is 0 Å². The lowest BCUT2D eigenvalue weighted by Crippen LogP contribution is -2.39. The smallest absolute Gasteiger partial charge is 0.321 e. The Balaban J connectivity index is 2.14. The van der Waals surface area contributed by atoms with E-state index in [0.29, 0.717) is 11.8 Å². The lowest BCUT2D eigenvalue weighted by Gasteiger charge is -2.22. The summed E-state index contributed by atoms with van der Waals surface area (Å²) in [5, 5.41) is 9.12. The van der Waals surface area contributed by atoms with Crippen molar-refractivity contribution >= 4 is 5.97 Å². The third-order valence-electron chi connectivity index (χ3n) is 3.65. The van der Waals surface area contributed by atoms with E-state index in [2.05, 4.69) is 11.8 Å². The highest BCUT2D eigenvalue weighted by Gasteiger charge is 2.46. The maximum Gasteiger partial charge on any atom is 0.321 e. The van der Waals surface area contributed by atoms with Crippen LogP contribution in [0.15, 0.2) is 0 Å². The second-order valence-electron chi connectivity index (χ2n) is 4.23. The lowest BCUT2D eigenvalue weighted by molar-refractivity contribution is -0.143. The summed E-state index contributed by atoms with van der Waals surface area (Å²) in [7, 11) is 0. The summed E-state index contributed by atoms with van der Waals surface area (Å²) in [5.41, 5.74) is 0. The Hall–Kier alpha value is -0.570. The zero-order chi connectivity index (χ0) is 9.42. The van der Waals surface area contributed by atoms with E-state index in [1.807, 2.05) is 0 Å². The monoisotopic (exact) mass is 183 g/mol. The summed E-state index contributed by atoms with van der Waals surface area (Å²) in [5.74, 6) is 0.495. The first kappa shape index (κ1) is 9.00. The second-order valence-corrected chi connectivity index (χ2v) is 4.23. The largest absolute Gasteiger partial charge is 0.480 e. The number of hydrogen-bond acceptors (Lipinski definition) is 2. The van der Waals surface area contributed by atoms with E-state index in [1.165, 1.54) is 12.8 Å². The third-order valence-corrected chi connectivity index (χ3v) is 3.65. The molecule has 13 heavy (non-hydrogen) atoms. The second kappa shape index (κ2) is 3.29. The normalized spacial score (nSPS) is 39.3. The molecule has 0 aromatic heterocycles. The molecule has 1 heterocycles. The van der Waals surface area contributed by atoms with Gasteiger partial charge in [-0.2, -0.15) is 0 Å². The van der Waals surface area contributed by atoms with Crippen LogP contribution in [-0.4, -0.2) is 35.1 Å². The van der Waals surface area contributed by atoms with Crippen molar-refractivity contribution in [2.75, 3.05) is 13.1 Å². The van der Waals surface area contributed by atoms with E-state index in [0.717, 1.165) is 19.5 Å². The molecule has 3 atom stereocenters. The van der Waals surface area contributed by atoms with Gasteiger partial charge in [0.2, 0.25) is 0 Å². The van der Waals surface area contributed by atoms with Gasteiger partial charge in [-0.3, -0.25) is 9.69 Å². The number of carbonyl (C=O) groups is 1. The molecule has 1 N–H and O–H groups in total. The van der Waals surface area contributed by atoms with Crippen LogP contribution in [0.5, 0.6) is 0 Å². The molecule has 1 aliphatic carbocycles. The SMILES string of the molecule is CCN1CC2CCCC2C1C(=O)O. The molecule has 2 aliphatic rings. The van der Waals surface area contributed by atoms with Gasteiger partial charge in [-0.05, 0) is 31.2 Å². The maximum absolute atomic E-state index is 11.1. The van der Waals surface area contributed by atoms with Crippen molar-refractivity contribution in [3.05, 3.63) is 0 Å². The summed E-state index contributed by atoms with van der Waals surface area (Å²) in [4.78, 5) is 13.2. The summed E-state index contributed by atoms with van der Waals surface area (Å²) < 4.78 is 0. The van der Waals surface area contributed by atoms with Gasteiger partial charge < -0.3 is 5.11 Å². The van der Waals surface area contributed by atoms with Crippen molar-refractivity contribution in [3.63, 3.8) is 0 Å². The number of hydrogen-bond donors (Lipinski definition) is 1. The minimum Gasteiger partial charge on any atom is -0.480 e. The molecule has 2 fully saturated rings. The highest BCUT2D eigenvalue weighted by atomic mass is 16.4. The zero-order valence-electron chi connectivity index (χ0n) is 8.07. The van der Waals surface area contributed by atoms with Gasteiger partial charge in [-0.1, -0.05) is 13.3 Å². The van der Waals surface area contributed by atoms with Crippen molar-refractivity contribution in [2.24, 2.45) is 11.8 Å². The number of rotatable bonds is 2. The summed E-state index contributed by atoms with van der Waals surface area (Å²) in [6.07, 6.45) is 3.60. The Bertz CT molecular complexity index is 217. The van der Waals surface area contributed by atoms with Crippen LogP contribution in [0.1, 0.15) is 26.2 Å². The molecule has 1 saturated carbocycles. The molecule has 2 rings (SSSR count). The number of aliphatic carboxylic acids is 1. The minimum atomic E-state index is -0.615. The van der Waals surface area contributed by atoms with E-state index in [4.69, 9.17) is 5.11 Å². The quantitative estimate of drug-likeness (QED) is 0.699. The van der Waals surface area contributed by atoms with Crippen molar-refractivity contribution in [1.82, 2.24) is 4.90 Å². The van der Waals surface area contributed by atoms with Gasteiger partial charge in [-0.15, -0.1) is 0 Å². The van der Waals surface area contributed by atoms with Crippen LogP contribution >= 0.6 is 0 Å². The minimum absolute atomic E-state index is 0.183. The Labute approximate surface area is 78.7 Å². The first-order chi connectivity index (χ1) is 6.24. The molecular formula is C10H17NO2. The highest BCUT2D eigenvalue weighted by Crippen LogP contribution is 2.41. The van der Waals surface area contributed by atoms with Gasteiger partial charge in [0.1, 0.15) is 6.04 Å². The molecule has 0 radical (unpaired) electrons. The van der Waals surface area contributed by atoms with Crippen LogP contribution in [0.2, 0.25) is 0 Å². The summed E-state index contributed by atoms with van der Waals surface area (Å²) in [6, 6.07) is -0.183. The molecule has 0 amide bonds. The van der Waals surface area contributed by atoms with Gasteiger partial charge in [0.25, 0.3) is 0 Å². The van der Waals surface area contributed by atoms with Gasteiger partial charge in [-0.25, -0.2) is 0 Å². The highest BCUT2D eigenvalue weighted by molar-refractivity contribution is 5.74. The van der Waals surface area contributed by atoms with Gasteiger partial charge in [0.05, 0.1) is 0 Å². The van der Waals surface area contributed by atoms with Gasteiger partial charge in [0.15, 0.2) is 0 Å². The van der Waals surface area contributed by atoms with Crippen LogP contribution in [0.25, 0.3) is 0 Å². The van der Waals surface area contributed by atoms with Crippen LogP contribution in [0.3, 0.4) is 0 Å². The fraction of sp³-hybridized carbons (Fsp3) is 0.900. The average Bonchev–Trinajstić information content (AvgIpc) is 2.59.